The first-order valence-electron chi connectivity index (χ1n) is 11.2. The molecule has 0 aliphatic carbocycles. The Kier molecular flexibility index (Phi) is 6.11. The molecule has 0 atom stereocenters. The number of rotatable bonds is 7. The molecule has 0 bridgehead atoms. The Morgan fingerprint density at radius 3 is 2.18 bits per heavy atom. The minimum atomic E-state index is -0.143. The molecule has 2 aromatic carbocycles. The van der Waals surface area contributed by atoms with E-state index in [9.17, 15) is 9.59 Å². The second-order valence-electron chi connectivity index (χ2n) is 8.19. The van der Waals surface area contributed by atoms with E-state index in [2.05, 4.69) is 25.2 Å². The first kappa shape index (κ1) is 21.5. The number of amides is 1. The highest BCUT2D eigenvalue weighted by molar-refractivity contribution is 5.81. The molecule has 1 fully saturated rings. The van der Waals surface area contributed by atoms with Gasteiger partial charge < -0.3 is 10.2 Å². The fraction of sp³-hybridized carbons (Fsp3) is 0.192. The average molecular weight is 453 g/mol. The number of hydrogen-bond donors (Lipinski definition) is 1. The summed E-state index contributed by atoms with van der Waals surface area (Å²) >= 11 is 0. The summed E-state index contributed by atoms with van der Waals surface area (Å²) in [5.41, 5.74) is 3.28. The fourth-order valence-electron chi connectivity index (χ4n) is 3.92. The minimum absolute atomic E-state index is 0.0181. The van der Waals surface area contributed by atoms with Gasteiger partial charge in [0, 0.05) is 49.4 Å². The van der Waals surface area contributed by atoms with Crippen molar-refractivity contribution in [1.29, 1.82) is 0 Å². The van der Waals surface area contributed by atoms with Crippen LogP contribution in [0.3, 0.4) is 0 Å². The van der Waals surface area contributed by atoms with Crippen LogP contribution in [0.5, 0.6) is 0 Å². The number of nitrogens with zero attached hydrogens (tertiary/aromatic N) is 5. The Balaban J connectivity index is 1.12. The van der Waals surface area contributed by atoms with Gasteiger partial charge in [0.15, 0.2) is 0 Å². The van der Waals surface area contributed by atoms with Gasteiger partial charge in [-0.25, -0.2) is 15.0 Å². The highest BCUT2D eigenvalue weighted by atomic mass is 16.2. The summed E-state index contributed by atoms with van der Waals surface area (Å²) in [6.07, 6.45) is 3.08. The minimum Gasteiger partial charge on any atom is -0.355 e. The molecule has 0 spiro atoms. The van der Waals surface area contributed by atoms with Crippen LogP contribution in [0.1, 0.15) is 0 Å². The lowest BCUT2D eigenvalue weighted by Gasteiger charge is -2.39. The molecule has 1 N–H and O–H groups in total. The van der Waals surface area contributed by atoms with Gasteiger partial charge in [0.05, 0.1) is 23.6 Å². The van der Waals surface area contributed by atoms with Crippen LogP contribution >= 0.6 is 0 Å². The molecule has 2 aromatic heterocycles. The van der Waals surface area contributed by atoms with Crippen molar-refractivity contribution in [2.75, 3.05) is 24.5 Å². The van der Waals surface area contributed by atoms with E-state index < -0.39 is 0 Å². The van der Waals surface area contributed by atoms with Gasteiger partial charge in [-0.15, -0.1) is 0 Å². The van der Waals surface area contributed by atoms with Crippen LogP contribution in [0.25, 0.3) is 22.5 Å². The molecule has 5 rings (SSSR count). The molecular weight excluding hydrogens is 428 g/mol. The Morgan fingerprint density at radius 1 is 0.882 bits per heavy atom. The number of carbonyl (C=O) groups is 1. The summed E-state index contributed by atoms with van der Waals surface area (Å²) < 4.78 is 1.51. The number of aromatic nitrogens is 4. The van der Waals surface area contributed by atoms with Gasteiger partial charge in [0.25, 0.3) is 5.56 Å². The highest BCUT2D eigenvalue weighted by Crippen LogP contribution is 2.26. The van der Waals surface area contributed by atoms with Gasteiger partial charge in [-0.3, -0.25) is 14.2 Å². The number of benzene rings is 2. The summed E-state index contributed by atoms with van der Waals surface area (Å²) in [5, 5.41) is 2.93. The van der Waals surface area contributed by atoms with Crippen molar-refractivity contribution in [3.63, 3.8) is 0 Å². The van der Waals surface area contributed by atoms with E-state index in [1.807, 2.05) is 66.7 Å². The molecule has 34 heavy (non-hydrogen) atoms. The molecule has 0 unspecified atom stereocenters. The summed E-state index contributed by atoms with van der Waals surface area (Å²) in [6, 6.07) is 23.0. The van der Waals surface area contributed by atoms with Crippen LogP contribution in [0.2, 0.25) is 0 Å². The van der Waals surface area contributed by atoms with Crippen LogP contribution in [-0.4, -0.2) is 45.1 Å². The smallest absolute Gasteiger partial charge is 0.253 e. The molecule has 1 aliphatic heterocycles. The summed E-state index contributed by atoms with van der Waals surface area (Å²) in [4.78, 5) is 40.1. The zero-order valence-corrected chi connectivity index (χ0v) is 18.5. The number of hydrogen-bond acceptors (Lipinski definition) is 6. The predicted molar refractivity (Wildman–Crippen MR) is 130 cm³/mol. The molecule has 0 saturated carbocycles. The van der Waals surface area contributed by atoms with Gasteiger partial charge in [-0.2, -0.15) is 0 Å². The third-order valence-electron chi connectivity index (χ3n) is 5.90. The van der Waals surface area contributed by atoms with E-state index in [1.165, 1.54) is 17.0 Å². The van der Waals surface area contributed by atoms with Crippen molar-refractivity contribution >= 4 is 11.7 Å². The van der Waals surface area contributed by atoms with Crippen molar-refractivity contribution in [2.24, 2.45) is 5.92 Å². The van der Waals surface area contributed by atoms with Gasteiger partial charge in [0.1, 0.15) is 12.1 Å². The molecule has 8 nitrogen and oxygen atoms in total. The third kappa shape index (κ3) is 4.71. The lowest BCUT2D eigenvalue weighted by Crippen LogP contribution is -2.54. The van der Waals surface area contributed by atoms with Gasteiger partial charge in [0.2, 0.25) is 5.91 Å². The predicted octanol–water partition coefficient (Wildman–Crippen LogP) is 2.62. The van der Waals surface area contributed by atoms with E-state index in [4.69, 9.17) is 0 Å². The van der Waals surface area contributed by atoms with Gasteiger partial charge in [-0.05, 0) is 0 Å². The molecular formula is C26H24N6O2. The van der Waals surface area contributed by atoms with E-state index in [-0.39, 0.29) is 17.4 Å². The van der Waals surface area contributed by atoms with E-state index >= 15 is 0 Å². The molecule has 3 heterocycles. The largest absolute Gasteiger partial charge is 0.355 e. The third-order valence-corrected chi connectivity index (χ3v) is 5.90. The quantitative estimate of drug-likeness (QED) is 0.463. The Labute approximate surface area is 197 Å². The standard InChI is InChI=1S/C26H24N6O2/c33-25-14-23(20-9-5-2-6-10-20)30-18-31(25)12-11-27-26(34)21-15-32(16-21)24-13-22(28-17-29-24)19-7-3-1-4-8-19/h1-10,13-14,17-18,21H,11-12,15-16H2,(H,27,34). The monoisotopic (exact) mass is 452 g/mol. The van der Waals surface area contributed by atoms with Crippen LogP contribution < -0.4 is 15.8 Å². The van der Waals surface area contributed by atoms with Gasteiger partial charge >= 0.3 is 0 Å². The lowest BCUT2D eigenvalue weighted by atomic mass is 9.99. The molecule has 4 aromatic rings. The first-order valence-corrected chi connectivity index (χ1v) is 11.2. The van der Waals surface area contributed by atoms with Crippen molar-refractivity contribution in [1.82, 2.24) is 24.8 Å². The summed E-state index contributed by atoms with van der Waals surface area (Å²) in [7, 11) is 0. The Bertz CT molecular complexity index is 1330. The van der Waals surface area contributed by atoms with Crippen molar-refractivity contribution in [3.8, 4) is 22.5 Å². The summed E-state index contributed by atoms with van der Waals surface area (Å²) in [5.74, 6) is 0.690. The Hall–Kier alpha value is -4.33. The highest BCUT2D eigenvalue weighted by Gasteiger charge is 2.33. The topological polar surface area (TPSA) is 93.0 Å². The average Bonchev–Trinajstić information content (AvgIpc) is 2.85. The molecule has 1 amide bonds. The number of anilines is 1. The molecule has 8 heteroatoms. The normalized spacial score (nSPS) is 13.4. The lowest BCUT2D eigenvalue weighted by molar-refractivity contribution is -0.125. The maximum absolute atomic E-state index is 12.5. The zero-order valence-electron chi connectivity index (χ0n) is 18.5. The molecule has 170 valence electrons. The van der Waals surface area contributed by atoms with Gasteiger partial charge in [-0.1, -0.05) is 60.7 Å². The van der Waals surface area contributed by atoms with Crippen molar-refractivity contribution in [3.05, 3.63) is 95.8 Å². The fourth-order valence-corrected chi connectivity index (χ4v) is 3.92. The Morgan fingerprint density at radius 2 is 1.53 bits per heavy atom. The van der Waals surface area contributed by atoms with Crippen LogP contribution in [-0.2, 0) is 11.3 Å². The number of carbonyl (C=O) groups excluding carboxylic acids is 1. The van der Waals surface area contributed by atoms with E-state index in [0.29, 0.717) is 31.9 Å². The molecule has 0 radical (unpaired) electrons. The maximum Gasteiger partial charge on any atom is 0.253 e. The van der Waals surface area contributed by atoms with Crippen molar-refractivity contribution in [2.45, 2.75) is 6.54 Å². The maximum atomic E-state index is 12.5. The molecule has 1 aliphatic rings. The SMILES string of the molecule is O=C(NCCn1cnc(-c2ccccc2)cc1=O)C1CN(c2cc(-c3ccccc3)ncn2)C1. The summed E-state index contributed by atoms with van der Waals surface area (Å²) in [6.45, 7) is 1.94. The van der Waals surface area contributed by atoms with E-state index in [1.54, 1.807) is 6.33 Å². The van der Waals surface area contributed by atoms with Crippen LogP contribution in [0.15, 0.2) is 90.2 Å². The molecule has 1 saturated heterocycles. The number of nitrogens with one attached hydrogen (secondary N) is 1. The van der Waals surface area contributed by atoms with Crippen LogP contribution in [0.4, 0.5) is 5.82 Å². The second kappa shape index (κ2) is 9.66. The zero-order chi connectivity index (χ0) is 23.3. The first-order chi connectivity index (χ1) is 16.7. The van der Waals surface area contributed by atoms with Crippen LogP contribution in [0, 0.1) is 5.92 Å². The van der Waals surface area contributed by atoms with E-state index in [0.717, 1.165) is 22.6 Å². The van der Waals surface area contributed by atoms with Crippen molar-refractivity contribution < 1.29 is 4.79 Å². The second-order valence-corrected chi connectivity index (χ2v) is 8.19.